The Labute approximate surface area is 138 Å². The van der Waals surface area contributed by atoms with Crippen molar-refractivity contribution < 1.29 is 9.59 Å². The molecule has 2 heterocycles. The topological polar surface area (TPSA) is 75.2 Å². The smallest absolute Gasteiger partial charge is 0.273 e. The summed E-state index contributed by atoms with van der Waals surface area (Å²) in [5.74, 6) is -0.143. The quantitative estimate of drug-likeness (QED) is 0.930. The molecule has 1 aromatic carbocycles. The Morgan fingerprint density at radius 1 is 1.17 bits per heavy atom. The summed E-state index contributed by atoms with van der Waals surface area (Å²) < 4.78 is 7.97. The maximum Gasteiger partial charge on any atom is 0.273 e. The molecule has 7 heteroatoms. The number of carbonyl (C=O) groups excluding carboxylic acids is 2. The predicted molar refractivity (Wildman–Crippen MR) is 87.4 cm³/mol. The van der Waals surface area contributed by atoms with Crippen LogP contribution in [0, 0.1) is 6.92 Å². The lowest BCUT2D eigenvalue weighted by Crippen LogP contribution is -2.27. The van der Waals surface area contributed by atoms with E-state index >= 15 is 0 Å². The summed E-state index contributed by atoms with van der Waals surface area (Å²) in [4.78, 5) is 26.1. The largest absolute Gasteiger partial charge is 0.347 e. The first-order valence-corrected chi connectivity index (χ1v) is 8.34. The Bertz CT molecular complexity index is 705. The molecule has 2 aromatic rings. The number of aryl methyl sites for hydroxylation is 1. The van der Waals surface area contributed by atoms with Crippen LogP contribution < -0.4 is 5.32 Å². The highest BCUT2D eigenvalue weighted by Crippen LogP contribution is 2.13. The van der Waals surface area contributed by atoms with E-state index in [2.05, 4.69) is 14.1 Å². The zero-order valence-corrected chi connectivity index (χ0v) is 13.7. The molecule has 1 aromatic heterocycles. The first kappa shape index (κ1) is 15.6. The maximum absolute atomic E-state index is 12.3. The molecule has 0 bridgehead atoms. The van der Waals surface area contributed by atoms with E-state index in [4.69, 9.17) is 0 Å². The van der Waals surface area contributed by atoms with Crippen molar-refractivity contribution in [1.29, 1.82) is 0 Å². The molecular formula is C16H18N4O2S. The highest BCUT2D eigenvalue weighted by Gasteiger charge is 2.19. The zero-order chi connectivity index (χ0) is 16.2. The van der Waals surface area contributed by atoms with Crippen LogP contribution in [0.4, 0.5) is 0 Å². The van der Waals surface area contributed by atoms with E-state index in [1.807, 2.05) is 29.2 Å². The van der Waals surface area contributed by atoms with Gasteiger partial charge in [-0.1, -0.05) is 12.1 Å². The third-order valence-corrected chi connectivity index (χ3v) is 4.53. The number of hydrogen-bond donors (Lipinski definition) is 1. The molecule has 1 aliphatic heterocycles. The van der Waals surface area contributed by atoms with Crippen molar-refractivity contribution in [1.82, 2.24) is 19.0 Å². The van der Waals surface area contributed by atoms with Crippen molar-refractivity contribution in [3.63, 3.8) is 0 Å². The van der Waals surface area contributed by atoms with Gasteiger partial charge >= 0.3 is 0 Å². The molecule has 1 aliphatic rings. The number of amides is 2. The van der Waals surface area contributed by atoms with Crippen molar-refractivity contribution in [3.05, 3.63) is 46.8 Å². The third kappa shape index (κ3) is 3.56. The van der Waals surface area contributed by atoms with E-state index in [-0.39, 0.29) is 11.8 Å². The number of nitrogens with one attached hydrogen (secondary N) is 1. The van der Waals surface area contributed by atoms with Crippen molar-refractivity contribution in [3.8, 4) is 0 Å². The van der Waals surface area contributed by atoms with Gasteiger partial charge in [-0.2, -0.15) is 8.75 Å². The SMILES string of the molecule is Cc1nsnc1C(=O)NCc1ccc(C(=O)N2CCCC2)cc1. The molecule has 0 atom stereocenters. The number of aromatic nitrogens is 2. The van der Waals surface area contributed by atoms with Crippen LogP contribution in [0.3, 0.4) is 0 Å². The highest BCUT2D eigenvalue weighted by atomic mass is 32.1. The summed E-state index contributed by atoms with van der Waals surface area (Å²) in [6, 6.07) is 7.38. The monoisotopic (exact) mass is 330 g/mol. The summed E-state index contributed by atoms with van der Waals surface area (Å²) in [6.45, 7) is 3.85. The summed E-state index contributed by atoms with van der Waals surface area (Å²) in [5, 5.41) is 2.82. The Morgan fingerprint density at radius 2 is 1.87 bits per heavy atom. The molecular weight excluding hydrogens is 312 g/mol. The number of likely N-dealkylation sites (tertiary alicyclic amines) is 1. The van der Waals surface area contributed by atoms with Gasteiger partial charge in [0.25, 0.3) is 11.8 Å². The Morgan fingerprint density at radius 3 is 2.48 bits per heavy atom. The lowest BCUT2D eigenvalue weighted by molar-refractivity contribution is 0.0792. The molecule has 0 spiro atoms. The van der Waals surface area contributed by atoms with E-state index in [0.29, 0.717) is 23.5 Å². The Balaban J connectivity index is 1.58. The lowest BCUT2D eigenvalue weighted by Gasteiger charge is -2.15. The van der Waals surface area contributed by atoms with Gasteiger partial charge in [0, 0.05) is 25.2 Å². The van der Waals surface area contributed by atoms with Gasteiger partial charge in [-0.05, 0) is 37.5 Å². The molecule has 0 radical (unpaired) electrons. The molecule has 1 fully saturated rings. The van der Waals surface area contributed by atoms with Gasteiger partial charge < -0.3 is 10.2 Å². The molecule has 3 rings (SSSR count). The van der Waals surface area contributed by atoms with E-state index in [1.54, 1.807) is 6.92 Å². The second kappa shape index (κ2) is 6.87. The first-order valence-electron chi connectivity index (χ1n) is 7.61. The standard InChI is InChI=1S/C16H18N4O2S/c1-11-14(19-23-18-11)15(21)17-10-12-4-6-13(7-5-12)16(22)20-8-2-3-9-20/h4-7H,2-3,8-10H2,1H3,(H,17,21). The van der Waals surface area contributed by atoms with Gasteiger partial charge in [0.1, 0.15) is 0 Å². The summed E-state index contributed by atoms with van der Waals surface area (Å²) >= 11 is 1.03. The summed E-state index contributed by atoms with van der Waals surface area (Å²) in [5.41, 5.74) is 2.65. The summed E-state index contributed by atoms with van der Waals surface area (Å²) in [6.07, 6.45) is 2.17. The molecule has 1 N–H and O–H groups in total. The number of hydrogen-bond acceptors (Lipinski definition) is 5. The first-order chi connectivity index (χ1) is 11.1. The van der Waals surface area contributed by atoms with Gasteiger partial charge in [0.2, 0.25) is 0 Å². The molecule has 2 amide bonds. The minimum absolute atomic E-state index is 0.0854. The lowest BCUT2D eigenvalue weighted by atomic mass is 10.1. The van der Waals surface area contributed by atoms with Crippen LogP contribution in [-0.2, 0) is 6.54 Å². The average molecular weight is 330 g/mol. The number of nitrogens with zero attached hydrogens (tertiary/aromatic N) is 3. The van der Waals surface area contributed by atoms with Gasteiger partial charge in [0.15, 0.2) is 5.69 Å². The second-order valence-electron chi connectivity index (χ2n) is 5.58. The Hall–Kier alpha value is -2.28. The van der Waals surface area contributed by atoms with Crippen LogP contribution >= 0.6 is 11.7 Å². The van der Waals surface area contributed by atoms with Crippen LogP contribution in [0.2, 0.25) is 0 Å². The minimum atomic E-state index is -0.228. The van der Waals surface area contributed by atoms with Crippen LogP contribution in [-0.4, -0.2) is 38.6 Å². The minimum Gasteiger partial charge on any atom is -0.347 e. The highest BCUT2D eigenvalue weighted by molar-refractivity contribution is 6.99. The van der Waals surface area contributed by atoms with Crippen LogP contribution in [0.15, 0.2) is 24.3 Å². The van der Waals surface area contributed by atoms with Gasteiger partial charge in [-0.25, -0.2) is 0 Å². The summed E-state index contributed by atoms with van der Waals surface area (Å²) in [7, 11) is 0. The van der Waals surface area contributed by atoms with Gasteiger partial charge in [0.05, 0.1) is 17.4 Å². The average Bonchev–Trinajstić information content (AvgIpc) is 3.24. The molecule has 0 unspecified atom stereocenters. The molecule has 1 saturated heterocycles. The number of rotatable bonds is 4. The van der Waals surface area contributed by atoms with Crippen molar-refractivity contribution in [2.24, 2.45) is 0 Å². The molecule has 0 saturated carbocycles. The molecule has 120 valence electrons. The normalized spacial score (nSPS) is 14.0. The fraction of sp³-hybridized carbons (Fsp3) is 0.375. The number of benzene rings is 1. The van der Waals surface area contributed by atoms with E-state index in [1.165, 1.54) is 0 Å². The Kier molecular flexibility index (Phi) is 4.66. The maximum atomic E-state index is 12.3. The fourth-order valence-corrected chi connectivity index (χ4v) is 3.12. The van der Waals surface area contributed by atoms with Crippen LogP contribution in [0.25, 0.3) is 0 Å². The van der Waals surface area contributed by atoms with Crippen molar-refractivity contribution in [2.75, 3.05) is 13.1 Å². The number of carbonyl (C=O) groups is 2. The molecule has 6 nitrogen and oxygen atoms in total. The van der Waals surface area contributed by atoms with E-state index < -0.39 is 0 Å². The van der Waals surface area contributed by atoms with E-state index in [9.17, 15) is 9.59 Å². The fourth-order valence-electron chi connectivity index (χ4n) is 2.57. The van der Waals surface area contributed by atoms with E-state index in [0.717, 1.165) is 43.2 Å². The molecule has 0 aliphatic carbocycles. The van der Waals surface area contributed by atoms with Crippen LogP contribution in [0.5, 0.6) is 0 Å². The van der Waals surface area contributed by atoms with Gasteiger partial charge in [-0.3, -0.25) is 9.59 Å². The molecule has 23 heavy (non-hydrogen) atoms. The second-order valence-corrected chi connectivity index (χ2v) is 6.11. The van der Waals surface area contributed by atoms with Crippen molar-refractivity contribution in [2.45, 2.75) is 26.3 Å². The zero-order valence-electron chi connectivity index (χ0n) is 12.9. The predicted octanol–water partition coefficient (Wildman–Crippen LogP) is 2.01. The van der Waals surface area contributed by atoms with Gasteiger partial charge in [-0.15, -0.1) is 0 Å². The van der Waals surface area contributed by atoms with Crippen molar-refractivity contribution >= 4 is 23.5 Å². The van der Waals surface area contributed by atoms with Crippen LogP contribution in [0.1, 0.15) is 44.9 Å². The third-order valence-electron chi connectivity index (χ3n) is 3.91.